The van der Waals surface area contributed by atoms with Gasteiger partial charge in [-0.1, -0.05) is 17.8 Å². The molecular weight excluding hydrogens is 294 g/mol. The molecule has 2 aromatic rings. The van der Waals surface area contributed by atoms with E-state index >= 15 is 0 Å². The number of nitrogens with one attached hydrogen (secondary N) is 1. The number of carboxylic acids is 1. The van der Waals surface area contributed by atoms with Crippen molar-refractivity contribution in [2.45, 2.75) is 12.1 Å². The highest BCUT2D eigenvalue weighted by Gasteiger charge is 2.13. The highest BCUT2D eigenvalue weighted by molar-refractivity contribution is 7.99. The lowest BCUT2D eigenvalue weighted by atomic mass is 10.1. The molecule has 0 unspecified atom stereocenters. The molecule has 0 atom stereocenters. The van der Waals surface area contributed by atoms with Crippen LogP contribution in [0.5, 0.6) is 0 Å². The lowest BCUT2D eigenvalue weighted by Crippen LogP contribution is -2.16. The Morgan fingerprint density at radius 1 is 1.43 bits per heavy atom. The summed E-state index contributed by atoms with van der Waals surface area (Å²) in [5, 5.41) is 23.1. The van der Waals surface area contributed by atoms with E-state index < -0.39 is 5.97 Å². The molecule has 8 nitrogen and oxygen atoms in total. The number of aromatic carboxylic acids is 1. The molecule has 2 rings (SSSR count). The van der Waals surface area contributed by atoms with Crippen molar-refractivity contribution in [3.05, 3.63) is 29.3 Å². The van der Waals surface area contributed by atoms with Crippen LogP contribution in [0.1, 0.15) is 15.9 Å². The maximum atomic E-state index is 11.9. The molecule has 1 aromatic heterocycles. The Balaban J connectivity index is 2.01. The van der Waals surface area contributed by atoms with Gasteiger partial charge in [-0.05, 0) is 35.0 Å². The minimum Gasteiger partial charge on any atom is -0.478 e. The van der Waals surface area contributed by atoms with E-state index in [1.807, 2.05) is 0 Å². The summed E-state index contributed by atoms with van der Waals surface area (Å²) < 4.78 is 1.47. The fourth-order valence-electron chi connectivity index (χ4n) is 1.66. The second-order valence-corrected chi connectivity index (χ2v) is 5.15. The quantitative estimate of drug-likeness (QED) is 0.791. The molecule has 0 fully saturated rings. The van der Waals surface area contributed by atoms with Crippen LogP contribution in [0.25, 0.3) is 0 Å². The van der Waals surface area contributed by atoms with Crippen LogP contribution in [-0.4, -0.2) is 42.9 Å². The third-order valence-electron chi connectivity index (χ3n) is 2.75. The van der Waals surface area contributed by atoms with Crippen molar-refractivity contribution in [3.8, 4) is 0 Å². The third kappa shape index (κ3) is 3.57. The van der Waals surface area contributed by atoms with Crippen molar-refractivity contribution in [2.24, 2.45) is 7.05 Å². The lowest BCUT2D eigenvalue weighted by molar-refractivity contribution is -0.113. The number of rotatable bonds is 5. The highest BCUT2D eigenvalue weighted by Crippen LogP contribution is 2.20. The average Bonchev–Trinajstić information content (AvgIpc) is 2.84. The topological polar surface area (TPSA) is 110 Å². The summed E-state index contributed by atoms with van der Waals surface area (Å²) in [5.41, 5.74) is 1.17. The van der Waals surface area contributed by atoms with E-state index in [4.69, 9.17) is 5.11 Å². The normalized spacial score (nSPS) is 10.4. The van der Waals surface area contributed by atoms with Crippen molar-refractivity contribution in [1.82, 2.24) is 20.2 Å². The number of aryl methyl sites for hydroxylation is 1. The van der Waals surface area contributed by atoms with Gasteiger partial charge in [0.2, 0.25) is 11.1 Å². The number of thioether (sulfide) groups is 1. The second kappa shape index (κ2) is 6.35. The number of amides is 1. The first-order valence-corrected chi connectivity index (χ1v) is 6.95. The third-order valence-corrected chi connectivity index (χ3v) is 3.76. The SMILES string of the molecule is Cc1c(NC(=O)CSc2nnnn2C)cccc1C(=O)O. The van der Waals surface area contributed by atoms with E-state index in [-0.39, 0.29) is 17.2 Å². The maximum Gasteiger partial charge on any atom is 0.336 e. The predicted octanol–water partition coefficient (Wildman–Crippen LogP) is 0.948. The molecule has 21 heavy (non-hydrogen) atoms. The number of hydrogen-bond donors (Lipinski definition) is 2. The van der Waals surface area contributed by atoms with Gasteiger partial charge in [0.05, 0.1) is 11.3 Å². The summed E-state index contributed by atoms with van der Waals surface area (Å²) in [6.45, 7) is 1.65. The van der Waals surface area contributed by atoms with Crippen LogP contribution in [0.3, 0.4) is 0 Å². The number of nitrogens with zero attached hydrogens (tertiary/aromatic N) is 4. The smallest absolute Gasteiger partial charge is 0.336 e. The molecule has 0 aliphatic rings. The van der Waals surface area contributed by atoms with E-state index in [2.05, 4.69) is 20.8 Å². The second-order valence-electron chi connectivity index (χ2n) is 4.21. The van der Waals surface area contributed by atoms with Crippen LogP contribution in [0, 0.1) is 6.92 Å². The van der Waals surface area contributed by atoms with Gasteiger partial charge in [0, 0.05) is 12.7 Å². The summed E-state index contributed by atoms with van der Waals surface area (Å²) in [6.07, 6.45) is 0. The van der Waals surface area contributed by atoms with Gasteiger partial charge < -0.3 is 10.4 Å². The van der Waals surface area contributed by atoms with Crippen molar-refractivity contribution >= 4 is 29.3 Å². The molecule has 110 valence electrons. The number of aromatic nitrogens is 4. The summed E-state index contributed by atoms with van der Waals surface area (Å²) in [6, 6.07) is 4.74. The van der Waals surface area contributed by atoms with Gasteiger partial charge in [-0.3, -0.25) is 4.79 Å². The summed E-state index contributed by atoms with van der Waals surface area (Å²) in [7, 11) is 1.68. The average molecular weight is 307 g/mol. The first-order chi connectivity index (χ1) is 9.99. The zero-order chi connectivity index (χ0) is 15.4. The zero-order valence-electron chi connectivity index (χ0n) is 11.4. The number of carboxylic acid groups (broad SMARTS) is 1. The molecule has 0 radical (unpaired) electrons. The lowest BCUT2D eigenvalue weighted by Gasteiger charge is -2.10. The van der Waals surface area contributed by atoms with E-state index in [9.17, 15) is 9.59 Å². The monoisotopic (exact) mass is 307 g/mol. The van der Waals surface area contributed by atoms with Crippen LogP contribution in [0.15, 0.2) is 23.4 Å². The van der Waals surface area contributed by atoms with Crippen molar-refractivity contribution < 1.29 is 14.7 Å². The summed E-state index contributed by atoms with van der Waals surface area (Å²) >= 11 is 1.20. The largest absolute Gasteiger partial charge is 0.478 e. The molecule has 0 spiro atoms. The van der Waals surface area contributed by atoms with Gasteiger partial charge in [0.1, 0.15) is 0 Å². The minimum atomic E-state index is -1.02. The van der Waals surface area contributed by atoms with E-state index in [0.717, 1.165) is 0 Å². The maximum absolute atomic E-state index is 11.9. The van der Waals surface area contributed by atoms with Gasteiger partial charge in [-0.2, -0.15) is 0 Å². The van der Waals surface area contributed by atoms with E-state index in [1.165, 1.54) is 22.5 Å². The molecule has 0 bridgehead atoms. The number of carbonyl (C=O) groups excluding carboxylic acids is 1. The first-order valence-electron chi connectivity index (χ1n) is 5.97. The molecule has 1 aromatic carbocycles. The van der Waals surface area contributed by atoms with Gasteiger partial charge >= 0.3 is 5.97 Å². The fraction of sp³-hybridized carbons (Fsp3) is 0.250. The molecule has 0 aliphatic heterocycles. The molecule has 0 aliphatic carbocycles. The summed E-state index contributed by atoms with van der Waals surface area (Å²) in [4.78, 5) is 22.9. The molecule has 1 heterocycles. The standard InChI is InChI=1S/C12H13N5O3S/c1-7-8(11(19)20)4-3-5-9(7)13-10(18)6-21-12-14-15-16-17(12)2/h3-5H,6H2,1-2H3,(H,13,18)(H,19,20). The zero-order valence-corrected chi connectivity index (χ0v) is 12.2. The molecule has 0 saturated heterocycles. The van der Waals surface area contributed by atoms with Crippen molar-refractivity contribution in [2.75, 3.05) is 11.1 Å². The van der Waals surface area contributed by atoms with E-state index in [0.29, 0.717) is 16.4 Å². The highest BCUT2D eigenvalue weighted by atomic mass is 32.2. The number of hydrogen-bond acceptors (Lipinski definition) is 6. The molecule has 0 saturated carbocycles. The van der Waals surface area contributed by atoms with Gasteiger partial charge in [-0.25, -0.2) is 9.48 Å². The van der Waals surface area contributed by atoms with E-state index in [1.54, 1.807) is 26.1 Å². The van der Waals surface area contributed by atoms with Crippen molar-refractivity contribution in [3.63, 3.8) is 0 Å². The van der Waals surface area contributed by atoms with Gasteiger partial charge in [0.25, 0.3) is 0 Å². The Hall–Kier alpha value is -2.42. The first kappa shape index (κ1) is 15.0. The van der Waals surface area contributed by atoms with Crippen LogP contribution in [-0.2, 0) is 11.8 Å². The Kier molecular flexibility index (Phi) is 4.53. The number of carbonyl (C=O) groups is 2. The molecule has 9 heteroatoms. The Labute approximate surface area is 124 Å². The number of tetrazole rings is 1. The Morgan fingerprint density at radius 2 is 2.19 bits per heavy atom. The minimum absolute atomic E-state index is 0.130. The van der Waals surface area contributed by atoms with Gasteiger partial charge in [0.15, 0.2) is 0 Å². The summed E-state index contributed by atoms with van der Waals surface area (Å²) in [5.74, 6) is -1.15. The Bertz CT molecular complexity index is 685. The van der Waals surface area contributed by atoms with Crippen LogP contribution < -0.4 is 5.32 Å². The molecule has 2 N–H and O–H groups in total. The molecular formula is C12H13N5O3S. The Morgan fingerprint density at radius 3 is 2.81 bits per heavy atom. The number of benzene rings is 1. The van der Waals surface area contributed by atoms with Crippen LogP contribution in [0.4, 0.5) is 5.69 Å². The van der Waals surface area contributed by atoms with Crippen LogP contribution >= 0.6 is 11.8 Å². The number of anilines is 1. The predicted molar refractivity (Wildman–Crippen MR) is 76.3 cm³/mol. The van der Waals surface area contributed by atoms with Crippen molar-refractivity contribution in [1.29, 1.82) is 0 Å². The van der Waals surface area contributed by atoms with Gasteiger partial charge in [-0.15, -0.1) is 5.10 Å². The molecule has 1 amide bonds. The fourth-order valence-corrected chi connectivity index (χ4v) is 2.31. The van der Waals surface area contributed by atoms with Crippen LogP contribution in [0.2, 0.25) is 0 Å².